The van der Waals surface area contributed by atoms with Gasteiger partial charge in [-0.1, -0.05) is 11.8 Å². The topological polar surface area (TPSA) is 52.9 Å². The van der Waals surface area contributed by atoms with E-state index in [9.17, 15) is 4.79 Å². The fourth-order valence-electron chi connectivity index (χ4n) is 1.99. The van der Waals surface area contributed by atoms with Crippen molar-refractivity contribution in [1.29, 1.82) is 0 Å². The molecule has 0 aromatic rings. The minimum atomic E-state index is -0.209. The van der Waals surface area contributed by atoms with Crippen molar-refractivity contribution in [3.05, 3.63) is 11.3 Å². The van der Waals surface area contributed by atoms with E-state index in [1.807, 2.05) is 11.8 Å². The molecule has 1 atom stereocenters. The van der Waals surface area contributed by atoms with E-state index in [0.717, 1.165) is 35.0 Å². The van der Waals surface area contributed by atoms with Crippen LogP contribution in [0.3, 0.4) is 0 Å². The van der Waals surface area contributed by atoms with E-state index < -0.39 is 0 Å². The standard InChI is InChI=1S/C10H14N2O2S/c1-7-8(2-4-13)9(6-14)12-3-5-15-10(12)11-7/h6,9,13H,2-5H2,1H3. The number of hydrogen-bond acceptors (Lipinski definition) is 5. The molecule has 0 aromatic carbocycles. The Morgan fingerprint density at radius 3 is 3.20 bits per heavy atom. The van der Waals surface area contributed by atoms with Crippen LogP contribution < -0.4 is 0 Å². The molecule has 2 heterocycles. The fourth-order valence-corrected chi connectivity index (χ4v) is 3.03. The van der Waals surface area contributed by atoms with Crippen LogP contribution in [-0.2, 0) is 4.79 Å². The Hall–Kier alpha value is -0.810. The van der Waals surface area contributed by atoms with Gasteiger partial charge in [-0.2, -0.15) is 0 Å². The zero-order valence-corrected chi connectivity index (χ0v) is 9.46. The van der Waals surface area contributed by atoms with E-state index in [0.29, 0.717) is 6.42 Å². The molecule has 0 aromatic heterocycles. The van der Waals surface area contributed by atoms with Crippen LogP contribution in [0.1, 0.15) is 13.3 Å². The Morgan fingerprint density at radius 2 is 2.53 bits per heavy atom. The van der Waals surface area contributed by atoms with Crippen LogP contribution in [0, 0.1) is 0 Å². The number of allylic oxidation sites excluding steroid dienone is 1. The Labute approximate surface area is 93.1 Å². The van der Waals surface area contributed by atoms with Crippen molar-refractivity contribution in [2.24, 2.45) is 4.99 Å². The fraction of sp³-hybridized carbons (Fsp3) is 0.600. The lowest BCUT2D eigenvalue weighted by molar-refractivity contribution is -0.110. The number of aliphatic hydroxyl groups excluding tert-OH is 1. The van der Waals surface area contributed by atoms with Gasteiger partial charge in [0.15, 0.2) is 5.17 Å². The monoisotopic (exact) mass is 226 g/mol. The van der Waals surface area contributed by atoms with Gasteiger partial charge in [0, 0.05) is 24.6 Å². The second-order valence-corrected chi connectivity index (χ2v) is 4.66. The number of rotatable bonds is 3. The van der Waals surface area contributed by atoms with Crippen LogP contribution >= 0.6 is 11.8 Å². The average Bonchev–Trinajstić information content (AvgIpc) is 2.66. The van der Waals surface area contributed by atoms with Crippen molar-refractivity contribution in [1.82, 2.24) is 4.90 Å². The summed E-state index contributed by atoms with van der Waals surface area (Å²) in [7, 11) is 0. The first-order valence-electron chi connectivity index (χ1n) is 5.02. The molecule has 2 aliphatic heterocycles. The highest BCUT2D eigenvalue weighted by molar-refractivity contribution is 8.14. The van der Waals surface area contributed by atoms with Crippen molar-refractivity contribution >= 4 is 23.2 Å². The van der Waals surface area contributed by atoms with E-state index in [1.165, 1.54) is 0 Å². The molecule has 4 nitrogen and oxygen atoms in total. The van der Waals surface area contributed by atoms with Gasteiger partial charge in [0.05, 0.1) is 0 Å². The molecule has 82 valence electrons. The van der Waals surface area contributed by atoms with Crippen LogP contribution in [0.25, 0.3) is 0 Å². The number of carbonyl (C=O) groups is 1. The summed E-state index contributed by atoms with van der Waals surface area (Å²) in [5, 5.41) is 9.92. The summed E-state index contributed by atoms with van der Waals surface area (Å²) in [6.45, 7) is 2.85. The SMILES string of the molecule is CC1=C(CCO)C(C=O)N2CCSC2=N1. The molecule has 1 N–H and O–H groups in total. The van der Waals surface area contributed by atoms with E-state index in [-0.39, 0.29) is 12.6 Å². The Bertz CT molecular complexity index is 338. The lowest BCUT2D eigenvalue weighted by Gasteiger charge is -2.31. The highest BCUT2D eigenvalue weighted by Gasteiger charge is 2.33. The van der Waals surface area contributed by atoms with E-state index in [2.05, 4.69) is 4.99 Å². The van der Waals surface area contributed by atoms with Gasteiger partial charge in [0.25, 0.3) is 0 Å². The summed E-state index contributed by atoms with van der Waals surface area (Å²) in [4.78, 5) is 17.6. The van der Waals surface area contributed by atoms with Gasteiger partial charge >= 0.3 is 0 Å². The first-order chi connectivity index (χ1) is 7.27. The second-order valence-electron chi connectivity index (χ2n) is 3.60. The smallest absolute Gasteiger partial charge is 0.165 e. The number of aliphatic imine (C=N–C) groups is 1. The molecule has 0 amide bonds. The number of carbonyl (C=O) groups excluding carboxylic acids is 1. The first-order valence-corrected chi connectivity index (χ1v) is 6.00. The van der Waals surface area contributed by atoms with Gasteiger partial charge in [0.2, 0.25) is 0 Å². The molecule has 0 spiro atoms. The summed E-state index contributed by atoms with van der Waals surface area (Å²) >= 11 is 1.69. The molecule has 2 rings (SSSR count). The Balaban J connectivity index is 2.33. The van der Waals surface area contributed by atoms with E-state index in [4.69, 9.17) is 5.11 Å². The molecule has 0 saturated carbocycles. The number of hydrogen-bond donors (Lipinski definition) is 1. The summed E-state index contributed by atoms with van der Waals surface area (Å²) in [6, 6.07) is -0.209. The third-order valence-electron chi connectivity index (χ3n) is 2.74. The molecule has 1 fully saturated rings. The van der Waals surface area contributed by atoms with Gasteiger partial charge in [-0.15, -0.1) is 0 Å². The molecular weight excluding hydrogens is 212 g/mol. The Morgan fingerprint density at radius 1 is 1.73 bits per heavy atom. The van der Waals surface area contributed by atoms with Crippen molar-refractivity contribution in [3.8, 4) is 0 Å². The molecule has 15 heavy (non-hydrogen) atoms. The van der Waals surface area contributed by atoms with Crippen LogP contribution in [0.4, 0.5) is 0 Å². The van der Waals surface area contributed by atoms with Crippen LogP contribution in [0.2, 0.25) is 0 Å². The molecule has 5 heteroatoms. The number of aldehydes is 1. The molecule has 1 unspecified atom stereocenters. The molecule has 1 saturated heterocycles. The molecular formula is C10H14N2O2S. The average molecular weight is 226 g/mol. The van der Waals surface area contributed by atoms with E-state index >= 15 is 0 Å². The number of thioether (sulfide) groups is 1. The predicted octanol–water partition coefficient (Wildman–Crippen LogP) is 0.629. The van der Waals surface area contributed by atoms with Gasteiger partial charge < -0.3 is 14.8 Å². The van der Waals surface area contributed by atoms with Crippen molar-refractivity contribution < 1.29 is 9.90 Å². The number of aliphatic hydroxyl groups is 1. The maximum atomic E-state index is 11.1. The van der Waals surface area contributed by atoms with Gasteiger partial charge in [-0.3, -0.25) is 0 Å². The van der Waals surface area contributed by atoms with Crippen LogP contribution in [-0.4, -0.2) is 46.4 Å². The zero-order valence-electron chi connectivity index (χ0n) is 8.64. The summed E-state index contributed by atoms with van der Waals surface area (Å²) in [6.07, 6.45) is 1.49. The lowest BCUT2D eigenvalue weighted by Crippen LogP contribution is -2.41. The number of nitrogens with zero attached hydrogens (tertiary/aromatic N) is 2. The predicted molar refractivity (Wildman–Crippen MR) is 60.9 cm³/mol. The lowest BCUT2D eigenvalue weighted by atomic mass is 10.0. The van der Waals surface area contributed by atoms with Gasteiger partial charge in [-0.25, -0.2) is 4.99 Å². The van der Waals surface area contributed by atoms with Gasteiger partial charge in [-0.05, 0) is 18.9 Å². The normalized spacial score (nSPS) is 25.3. The first kappa shape index (κ1) is 10.7. The summed E-state index contributed by atoms with van der Waals surface area (Å²) in [5.74, 6) is 0.989. The van der Waals surface area contributed by atoms with Crippen molar-refractivity contribution in [2.75, 3.05) is 18.9 Å². The minimum absolute atomic E-state index is 0.0723. The molecule has 2 aliphatic rings. The highest BCUT2D eigenvalue weighted by atomic mass is 32.2. The van der Waals surface area contributed by atoms with Crippen molar-refractivity contribution in [2.45, 2.75) is 19.4 Å². The number of amidine groups is 1. The third-order valence-corrected chi connectivity index (χ3v) is 3.71. The molecule has 0 radical (unpaired) electrons. The number of fused-ring (bicyclic) bond motifs is 1. The van der Waals surface area contributed by atoms with Gasteiger partial charge in [0.1, 0.15) is 12.3 Å². The Kier molecular flexibility index (Phi) is 3.11. The third kappa shape index (κ3) is 1.81. The largest absolute Gasteiger partial charge is 0.396 e. The molecule has 0 bridgehead atoms. The van der Waals surface area contributed by atoms with Crippen LogP contribution in [0.5, 0.6) is 0 Å². The van der Waals surface area contributed by atoms with E-state index in [1.54, 1.807) is 11.8 Å². The summed E-state index contributed by atoms with van der Waals surface area (Å²) < 4.78 is 0. The maximum absolute atomic E-state index is 11.1. The minimum Gasteiger partial charge on any atom is -0.396 e. The summed E-state index contributed by atoms with van der Waals surface area (Å²) in [5.41, 5.74) is 1.85. The quantitative estimate of drug-likeness (QED) is 0.717. The molecule has 0 aliphatic carbocycles. The maximum Gasteiger partial charge on any atom is 0.165 e. The highest BCUT2D eigenvalue weighted by Crippen LogP contribution is 2.31. The zero-order chi connectivity index (χ0) is 10.8. The second kappa shape index (κ2) is 4.37. The van der Waals surface area contributed by atoms with Crippen LogP contribution in [0.15, 0.2) is 16.3 Å². The van der Waals surface area contributed by atoms with Crippen molar-refractivity contribution in [3.63, 3.8) is 0 Å².